The number of carbonyl (C=O) groups is 1. The number of para-hydroxylation sites is 1. The second-order valence-electron chi connectivity index (χ2n) is 4.44. The van der Waals surface area contributed by atoms with Crippen LogP contribution in [0, 0.1) is 0 Å². The highest BCUT2D eigenvalue weighted by Crippen LogP contribution is 2.19. The molecule has 0 aliphatic heterocycles. The molecule has 2 rings (SSSR count). The quantitative estimate of drug-likeness (QED) is 0.846. The van der Waals surface area contributed by atoms with Crippen molar-refractivity contribution in [1.82, 2.24) is 0 Å². The average molecular weight is 271 g/mol. The molecule has 0 aliphatic carbocycles. The molecule has 4 nitrogen and oxygen atoms in total. The van der Waals surface area contributed by atoms with Gasteiger partial charge in [0, 0.05) is 0 Å². The zero-order valence-electron chi connectivity index (χ0n) is 11.1. The van der Waals surface area contributed by atoms with E-state index in [4.69, 9.17) is 15.6 Å². The first-order chi connectivity index (χ1) is 9.70. The second-order valence-corrected chi connectivity index (χ2v) is 4.44. The molecule has 0 saturated carbocycles. The summed E-state index contributed by atoms with van der Waals surface area (Å²) < 4.78 is 5.77. The fourth-order valence-electron chi connectivity index (χ4n) is 1.91. The Labute approximate surface area is 117 Å². The van der Waals surface area contributed by atoms with E-state index in [0.717, 1.165) is 23.3 Å². The van der Waals surface area contributed by atoms with Crippen LogP contribution in [0.5, 0.6) is 5.75 Å². The van der Waals surface area contributed by atoms with Crippen LogP contribution in [-0.4, -0.2) is 17.6 Å². The monoisotopic (exact) mass is 271 g/mol. The number of carboxylic acids is 1. The Kier molecular flexibility index (Phi) is 4.74. The van der Waals surface area contributed by atoms with Gasteiger partial charge in [-0.2, -0.15) is 0 Å². The summed E-state index contributed by atoms with van der Waals surface area (Å²) >= 11 is 0. The van der Waals surface area contributed by atoms with Crippen LogP contribution in [-0.2, 0) is 13.0 Å². The molecule has 0 aromatic heterocycles. The first-order valence-corrected chi connectivity index (χ1v) is 6.43. The first kappa shape index (κ1) is 14.1. The first-order valence-electron chi connectivity index (χ1n) is 6.43. The number of aromatic carboxylic acids is 1. The lowest BCUT2D eigenvalue weighted by molar-refractivity contribution is 0.0697. The summed E-state index contributed by atoms with van der Waals surface area (Å²) in [7, 11) is 0. The number of rotatable bonds is 6. The molecule has 4 heteroatoms. The minimum absolute atomic E-state index is 0.275. The van der Waals surface area contributed by atoms with Crippen molar-refractivity contribution >= 4 is 5.97 Å². The largest absolute Gasteiger partial charge is 0.489 e. The van der Waals surface area contributed by atoms with Gasteiger partial charge in [-0.05, 0) is 42.3 Å². The predicted octanol–water partition coefficient (Wildman–Crippen LogP) is 2.46. The van der Waals surface area contributed by atoms with Gasteiger partial charge >= 0.3 is 5.97 Å². The number of nitrogens with two attached hydrogens (primary N) is 1. The van der Waals surface area contributed by atoms with Crippen molar-refractivity contribution in [3.63, 3.8) is 0 Å². The molecule has 0 heterocycles. The van der Waals surface area contributed by atoms with E-state index >= 15 is 0 Å². The van der Waals surface area contributed by atoms with E-state index in [1.165, 1.54) is 0 Å². The van der Waals surface area contributed by atoms with Crippen LogP contribution in [0.3, 0.4) is 0 Å². The van der Waals surface area contributed by atoms with Gasteiger partial charge in [-0.25, -0.2) is 4.79 Å². The second kappa shape index (κ2) is 6.73. The van der Waals surface area contributed by atoms with Crippen LogP contribution < -0.4 is 10.5 Å². The highest BCUT2D eigenvalue weighted by molar-refractivity contribution is 5.87. The molecule has 0 amide bonds. The van der Waals surface area contributed by atoms with Crippen molar-refractivity contribution in [1.29, 1.82) is 0 Å². The van der Waals surface area contributed by atoms with Gasteiger partial charge in [0.1, 0.15) is 12.4 Å². The number of carboxylic acid groups (broad SMARTS) is 1. The lowest BCUT2D eigenvalue weighted by atomic mass is 10.1. The van der Waals surface area contributed by atoms with Crippen molar-refractivity contribution in [2.75, 3.05) is 6.54 Å². The van der Waals surface area contributed by atoms with Crippen LogP contribution >= 0.6 is 0 Å². The van der Waals surface area contributed by atoms with E-state index in [1.807, 2.05) is 24.3 Å². The van der Waals surface area contributed by atoms with E-state index in [-0.39, 0.29) is 5.56 Å². The van der Waals surface area contributed by atoms with E-state index in [0.29, 0.717) is 13.2 Å². The summed E-state index contributed by atoms with van der Waals surface area (Å²) in [5.74, 6) is -0.106. The smallest absolute Gasteiger partial charge is 0.335 e. The van der Waals surface area contributed by atoms with Crippen LogP contribution in [0.1, 0.15) is 21.5 Å². The summed E-state index contributed by atoms with van der Waals surface area (Å²) in [4.78, 5) is 10.8. The normalized spacial score (nSPS) is 10.2. The van der Waals surface area contributed by atoms with E-state index < -0.39 is 5.97 Å². The predicted molar refractivity (Wildman–Crippen MR) is 76.9 cm³/mol. The van der Waals surface area contributed by atoms with Gasteiger partial charge in [-0.3, -0.25) is 0 Å². The molecule has 0 atom stereocenters. The Balaban J connectivity index is 2.03. The van der Waals surface area contributed by atoms with Crippen molar-refractivity contribution in [2.24, 2.45) is 5.73 Å². The van der Waals surface area contributed by atoms with Gasteiger partial charge in [-0.15, -0.1) is 0 Å². The number of benzene rings is 2. The third-order valence-corrected chi connectivity index (χ3v) is 2.98. The van der Waals surface area contributed by atoms with Crippen molar-refractivity contribution in [3.8, 4) is 5.75 Å². The Hall–Kier alpha value is -2.33. The molecule has 3 N–H and O–H groups in total. The van der Waals surface area contributed by atoms with Crippen LogP contribution in [0.25, 0.3) is 0 Å². The molecule has 104 valence electrons. The number of hydrogen-bond donors (Lipinski definition) is 2. The van der Waals surface area contributed by atoms with Gasteiger partial charge in [0.2, 0.25) is 0 Å². The molecule has 0 unspecified atom stereocenters. The molecular weight excluding hydrogens is 254 g/mol. The fourth-order valence-corrected chi connectivity index (χ4v) is 1.91. The molecule has 20 heavy (non-hydrogen) atoms. The number of hydrogen-bond acceptors (Lipinski definition) is 3. The zero-order valence-corrected chi connectivity index (χ0v) is 11.1. The van der Waals surface area contributed by atoms with Crippen molar-refractivity contribution < 1.29 is 14.6 Å². The molecule has 0 saturated heterocycles. The Bertz CT molecular complexity index is 579. The van der Waals surface area contributed by atoms with Gasteiger partial charge in [0.25, 0.3) is 0 Å². The Morgan fingerprint density at radius 1 is 1.10 bits per heavy atom. The summed E-state index contributed by atoms with van der Waals surface area (Å²) in [5.41, 5.74) is 7.85. The summed E-state index contributed by atoms with van der Waals surface area (Å²) in [6, 6.07) is 14.5. The molecular formula is C16H17NO3. The zero-order chi connectivity index (χ0) is 14.4. The van der Waals surface area contributed by atoms with E-state index in [9.17, 15) is 4.79 Å². The lowest BCUT2D eigenvalue weighted by Crippen LogP contribution is -2.05. The minimum atomic E-state index is -0.925. The molecule has 2 aromatic carbocycles. The summed E-state index contributed by atoms with van der Waals surface area (Å²) in [6.45, 7) is 0.981. The maximum absolute atomic E-state index is 10.8. The van der Waals surface area contributed by atoms with Crippen molar-refractivity contribution in [2.45, 2.75) is 13.0 Å². The highest BCUT2D eigenvalue weighted by atomic mass is 16.5. The standard InChI is InChI=1S/C16H17NO3/c17-10-9-13-3-1-2-4-15(13)20-11-12-5-7-14(8-6-12)16(18)19/h1-8H,9-11,17H2,(H,18,19). The highest BCUT2D eigenvalue weighted by Gasteiger charge is 2.04. The maximum Gasteiger partial charge on any atom is 0.335 e. The van der Waals surface area contributed by atoms with E-state index in [2.05, 4.69) is 0 Å². The molecule has 0 spiro atoms. The third-order valence-electron chi connectivity index (χ3n) is 2.98. The molecule has 0 radical (unpaired) electrons. The Morgan fingerprint density at radius 2 is 1.80 bits per heavy atom. The van der Waals surface area contributed by atoms with Crippen molar-refractivity contribution in [3.05, 3.63) is 65.2 Å². The Morgan fingerprint density at radius 3 is 2.45 bits per heavy atom. The van der Waals surface area contributed by atoms with Gasteiger partial charge in [0.05, 0.1) is 5.56 Å². The molecule has 0 bridgehead atoms. The number of ether oxygens (including phenoxy) is 1. The molecule has 2 aromatic rings. The van der Waals surface area contributed by atoms with Crippen LogP contribution in [0.4, 0.5) is 0 Å². The van der Waals surface area contributed by atoms with Crippen LogP contribution in [0.15, 0.2) is 48.5 Å². The maximum atomic E-state index is 10.8. The fraction of sp³-hybridized carbons (Fsp3) is 0.188. The summed E-state index contributed by atoms with van der Waals surface area (Å²) in [6.07, 6.45) is 0.772. The SMILES string of the molecule is NCCc1ccccc1OCc1ccc(C(=O)O)cc1. The van der Waals surface area contributed by atoms with Gasteiger partial charge < -0.3 is 15.6 Å². The molecule has 0 aliphatic rings. The minimum Gasteiger partial charge on any atom is -0.489 e. The van der Waals surface area contributed by atoms with Gasteiger partial charge in [-0.1, -0.05) is 30.3 Å². The molecule has 0 fully saturated rings. The van der Waals surface area contributed by atoms with E-state index in [1.54, 1.807) is 24.3 Å². The van der Waals surface area contributed by atoms with Crippen LogP contribution in [0.2, 0.25) is 0 Å². The third kappa shape index (κ3) is 3.59. The average Bonchev–Trinajstić information content (AvgIpc) is 2.47. The topological polar surface area (TPSA) is 72.5 Å². The summed E-state index contributed by atoms with van der Waals surface area (Å²) in [5, 5.41) is 8.84. The van der Waals surface area contributed by atoms with Gasteiger partial charge in [0.15, 0.2) is 0 Å². The lowest BCUT2D eigenvalue weighted by Gasteiger charge is -2.11.